The van der Waals surface area contributed by atoms with Gasteiger partial charge in [-0.25, -0.2) is 0 Å². The van der Waals surface area contributed by atoms with E-state index < -0.39 is 0 Å². The van der Waals surface area contributed by atoms with Crippen LogP contribution in [-0.2, 0) is 5.54 Å². The fourth-order valence-electron chi connectivity index (χ4n) is 3.01. The molecule has 0 radical (unpaired) electrons. The van der Waals surface area contributed by atoms with Crippen LogP contribution in [0.5, 0.6) is 23.0 Å². The predicted molar refractivity (Wildman–Crippen MR) is 97.5 cm³/mol. The highest BCUT2D eigenvalue weighted by molar-refractivity contribution is 5.95. The Kier molecular flexibility index (Phi) is 4.93. The van der Waals surface area contributed by atoms with Gasteiger partial charge in [-0.3, -0.25) is 4.79 Å². The number of rotatable bonds is 7. The molecule has 2 aromatic rings. The van der Waals surface area contributed by atoms with Gasteiger partial charge in [-0.15, -0.1) is 0 Å². The standard InChI is InChI=1S/C20H23NO5/c1-23-15-7-5-13(11-17(15)25-3)19(22)21-20(9-10-20)14-6-8-16(24-2)18(12-14)26-4/h5-8,11-12H,9-10H2,1-4H3,(H,21,22). The first-order chi connectivity index (χ1) is 12.6. The number of amides is 1. The minimum absolute atomic E-state index is 0.154. The maximum Gasteiger partial charge on any atom is 0.252 e. The van der Waals surface area contributed by atoms with E-state index in [9.17, 15) is 4.79 Å². The van der Waals surface area contributed by atoms with Crippen LogP contribution in [0.3, 0.4) is 0 Å². The van der Waals surface area contributed by atoms with Gasteiger partial charge in [0.05, 0.1) is 34.0 Å². The molecular formula is C20H23NO5. The van der Waals surface area contributed by atoms with Crippen LogP contribution in [0.2, 0.25) is 0 Å². The number of nitrogens with one attached hydrogen (secondary N) is 1. The van der Waals surface area contributed by atoms with Gasteiger partial charge >= 0.3 is 0 Å². The van der Waals surface area contributed by atoms with Gasteiger partial charge in [-0.05, 0) is 48.7 Å². The molecule has 0 aromatic heterocycles. The largest absolute Gasteiger partial charge is 0.493 e. The van der Waals surface area contributed by atoms with Gasteiger partial charge < -0.3 is 24.3 Å². The molecular weight excluding hydrogens is 334 g/mol. The van der Waals surface area contributed by atoms with Crippen molar-refractivity contribution in [2.45, 2.75) is 18.4 Å². The molecule has 3 rings (SSSR count). The van der Waals surface area contributed by atoms with Crippen molar-refractivity contribution in [3.05, 3.63) is 47.5 Å². The van der Waals surface area contributed by atoms with Crippen molar-refractivity contribution in [2.75, 3.05) is 28.4 Å². The van der Waals surface area contributed by atoms with E-state index in [1.165, 1.54) is 0 Å². The molecule has 26 heavy (non-hydrogen) atoms. The average molecular weight is 357 g/mol. The zero-order valence-corrected chi connectivity index (χ0v) is 15.4. The maximum absolute atomic E-state index is 12.8. The van der Waals surface area contributed by atoms with Crippen molar-refractivity contribution in [1.29, 1.82) is 0 Å². The summed E-state index contributed by atoms with van der Waals surface area (Å²) >= 11 is 0. The highest BCUT2D eigenvalue weighted by Crippen LogP contribution is 2.47. The van der Waals surface area contributed by atoms with Gasteiger partial charge in [-0.1, -0.05) is 6.07 Å². The first-order valence-electron chi connectivity index (χ1n) is 8.34. The van der Waals surface area contributed by atoms with Crippen LogP contribution in [0.4, 0.5) is 0 Å². The average Bonchev–Trinajstić information content (AvgIpc) is 3.47. The van der Waals surface area contributed by atoms with E-state index in [-0.39, 0.29) is 11.4 Å². The van der Waals surface area contributed by atoms with E-state index in [0.717, 1.165) is 18.4 Å². The van der Waals surface area contributed by atoms with Gasteiger partial charge in [0.15, 0.2) is 23.0 Å². The monoisotopic (exact) mass is 357 g/mol. The summed E-state index contributed by atoms with van der Waals surface area (Å²) in [6, 6.07) is 10.9. The normalized spacial score (nSPS) is 14.3. The van der Waals surface area contributed by atoms with E-state index in [2.05, 4.69) is 5.32 Å². The highest BCUT2D eigenvalue weighted by Gasteiger charge is 2.46. The molecule has 1 aliphatic carbocycles. The summed E-state index contributed by atoms with van der Waals surface area (Å²) in [6.07, 6.45) is 1.75. The zero-order chi connectivity index (χ0) is 18.7. The molecule has 1 N–H and O–H groups in total. The molecule has 1 aliphatic rings. The van der Waals surface area contributed by atoms with Crippen LogP contribution < -0.4 is 24.3 Å². The summed E-state index contributed by atoms with van der Waals surface area (Å²) < 4.78 is 21.2. The molecule has 1 fully saturated rings. The SMILES string of the molecule is COc1ccc(C(=O)NC2(c3ccc(OC)c(OC)c3)CC2)cc1OC. The van der Waals surface area contributed by atoms with Crippen LogP contribution in [0.15, 0.2) is 36.4 Å². The Morgan fingerprint density at radius 3 is 1.88 bits per heavy atom. The van der Waals surface area contributed by atoms with Gasteiger partial charge in [0.1, 0.15) is 0 Å². The molecule has 1 amide bonds. The van der Waals surface area contributed by atoms with Crippen LogP contribution in [-0.4, -0.2) is 34.3 Å². The van der Waals surface area contributed by atoms with Crippen molar-refractivity contribution < 1.29 is 23.7 Å². The van der Waals surface area contributed by atoms with Crippen LogP contribution in [0.25, 0.3) is 0 Å². The molecule has 1 saturated carbocycles. The van der Waals surface area contributed by atoms with Crippen molar-refractivity contribution in [3.63, 3.8) is 0 Å². The Bertz CT molecular complexity index is 814. The number of hydrogen-bond acceptors (Lipinski definition) is 5. The first-order valence-corrected chi connectivity index (χ1v) is 8.34. The molecule has 0 bridgehead atoms. The molecule has 6 heteroatoms. The maximum atomic E-state index is 12.8. The third-order valence-electron chi connectivity index (χ3n) is 4.68. The van der Waals surface area contributed by atoms with E-state index in [4.69, 9.17) is 18.9 Å². The molecule has 0 atom stereocenters. The Hall–Kier alpha value is -2.89. The number of carbonyl (C=O) groups is 1. The number of carbonyl (C=O) groups excluding carboxylic acids is 1. The second kappa shape index (κ2) is 7.15. The Morgan fingerprint density at radius 1 is 0.808 bits per heavy atom. The minimum Gasteiger partial charge on any atom is -0.493 e. The predicted octanol–water partition coefficient (Wildman–Crippen LogP) is 3.14. The zero-order valence-electron chi connectivity index (χ0n) is 15.4. The van der Waals surface area contributed by atoms with Gasteiger partial charge in [0.2, 0.25) is 0 Å². The number of methoxy groups -OCH3 is 4. The third-order valence-corrected chi connectivity index (χ3v) is 4.68. The Labute approximate surface area is 153 Å². The quantitative estimate of drug-likeness (QED) is 0.825. The molecule has 0 aliphatic heterocycles. The smallest absolute Gasteiger partial charge is 0.252 e. The van der Waals surface area contributed by atoms with Gasteiger partial charge in [-0.2, -0.15) is 0 Å². The van der Waals surface area contributed by atoms with Crippen molar-refractivity contribution >= 4 is 5.91 Å². The second-order valence-corrected chi connectivity index (χ2v) is 6.18. The summed E-state index contributed by atoms with van der Waals surface area (Å²) in [5.41, 5.74) is 1.16. The lowest BCUT2D eigenvalue weighted by Crippen LogP contribution is -2.34. The Balaban J connectivity index is 1.83. The topological polar surface area (TPSA) is 66.0 Å². The van der Waals surface area contributed by atoms with Crippen LogP contribution in [0, 0.1) is 0 Å². The van der Waals surface area contributed by atoms with E-state index in [1.807, 2.05) is 18.2 Å². The van der Waals surface area contributed by atoms with Crippen molar-refractivity contribution in [1.82, 2.24) is 5.32 Å². The lowest BCUT2D eigenvalue weighted by Gasteiger charge is -2.20. The molecule has 0 heterocycles. The van der Waals surface area contributed by atoms with Gasteiger partial charge in [0, 0.05) is 5.56 Å². The summed E-state index contributed by atoms with van der Waals surface area (Å²) in [4.78, 5) is 12.8. The molecule has 2 aromatic carbocycles. The molecule has 138 valence electrons. The lowest BCUT2D eigenvalue weighted by atomic mass is 10.0. The number of benzene rings is 2. The second-order valence-electron chi connectivity index (χ2n) is 6.18. The lowest BCUT2D eigenvalue weighted by molar-refractivity contribution is 0.0930. The summed E-state index contributed by atoms with van der Waals surface area (Å²) in [5, 5.41) is 3.15. The fourth-order valence-corrected chi connectivity index (χ4v) is 3.01. The van der Waals surface area contributed by atoms with Crippen LogP contribution in [0.1, 0.15) is 28.8 Å². The minimum atomic E-state index is -0.371. The number of ether oxygens (including phenoxy) is 4. The van der Waals surface area contributed by atoms with E-state index in [0.29, 0.717) is 28.6 Å². The highest BCUT2D eigenvalue weighted by atomic mass is 16.5. The molecule has 6 nitrogen and oxygen atoms in total. The van der Waals surface area contributed by atoms with Crippen LogP contribution >= 0.6 is 0 Å². The van der Waals surface area contributed by atoms with Crippen molar-refractivity contribution in [2.24, 2.45) is 0 Å². The summed E-state index contributed by atoms with van der Waals surface area (Å²) in [5.74, 6) is 2.27. The third kappa shape index (κ3) is 3.27. The summed E-state index contributed by atoms with van der Waals surface area (Å²) in [6.45, 7) is 0. The van der Waals surface area contributed by atoms with E-state index in [1.54, 1.807) is 46.6 Å². The fraction of sp³-hybridized carbons (Fsp3) is 0.350. The molecule has 0 unspecified atom stereocenters. The Morgan fingerprint density at radius 2 is 1.35 bits per heavy atom. The first kappa shape index (κ1) is 17.9. The van der Waals surface area contributed by atoms with Crippen molar-refractivity contribution in [3.8, 4) is 23.0 Å². The number of hydrogen-bond donors (Lipinski definition) is 1. The van der Waals surface area contributed by atoms with Gasteiger partial charge in [0.25, 0.3) is 5.91 Å². The molecule has 0 saturated heterocycles. The summed E-state index contributed by atoms with van der Waals surface area (Å²) in [7, 11) is 6.31. The van der Waals surface area contributed by atoms with E-state index >= 15 is 0 Å². The molecule has 0 spiro atoms.